The quantitative estimate of drug-likeness (QED) is 0.832. The molecule has 0 bridgehead atoms. The molecule has 0 spiro atoms. The molecule has 3 rings (SSSR count). The van der Waals surface area contributed by atoms with Crippen LogP contribution in [0.4, 0.5) is 0 Å². The van der Waals surface area contributed by atoms with Crippen molar-refractivity contribution in [2.45, 2.75) is 6.42 Å². The van der Waals surface area contributed by atoms with Gasteiger partial charge >= 0.3 is 0 Å². The molecule has 1 N–H and O–H groups in total. The van der Waals surface area contributed by atoms with Gasteiger partial charge in [0.25, 0.3) is 0 Å². The number of aromatic amines is 1. The predicted octanol–water partition coefficient (Wildman–Crippen LogP) is 1.77. The Labute approximate surface area is 93.2 Å². The molecular weight excluding hydrogens is 204 g/mol. The van der Waals surface area contributed by atoms with E-state index in [4.69, 9.17) is 9.47 Å². The first-order valence-corrected chi connectivity index (χ1v) is 5.28. The number of hydrogen-bond acceptors (Lipinski definition) is 3. The summed E-state index contributed by atoms with van der Waals surface area (Å²) in [5.74, 6) is 1.70. The highest BCUT2D eigenvalue weighted by Crippen LogP contribution is 2.34. The molecular formula is C12H12N2O2. The first-order chi connectivity index (χ1) is 7.93. The monoisotopic (exact) mass is 216 g/mol. The zero-order valence-electron chi connectivity index (χ0n) is 8.77. The Morgan fingerprint density at radius 1 is 1.25 bits per heavy atom. The van der Waals surface area contributed by atoms with Gasteiger partial charge < -0.3 is 14.5 Å². The average Bonchev–Trinajstić information content (AvgIpc) is 2.82. The third-order valence-corrected chi connectivity index (χ3v) is 2.58. The van der Waals surface area contributed by atoms with E-state index < -0.39 is 0 Å². The maximum Gasteiger partial charge on any atom is 0.164 e. The van der Waals surface area contributed by atoms with E-state index >= 15 is 0 Å². The van der Waals surface area contributed by atoms with Crippen LogP contribution in [0.1, 0.15) is 11.3 Å². The summed E-state index contributed by atoms with van der Waals surface area (Å²) in [5, 5.41) is 0. The van der Waals surface area contributed by atoms with Gasteiger partial charge in [-0.1, -0.05) is 12.1 Å². The lowest BCUT2D eigenvalue weighted by molar-refractivity contribution is 0.170. The number of hydrogen-bond donors (Lipinski definition) is 1. The van der Waals surface area contributed by atoms with Crippen LogP contribution in [0.25, 0.3) is 0 Å². The first-order valence-electron chi connectivity index (χ1n) is 5.28. The van der Waals surface area contributed by atoms with Gasteiger partial charge in [0.05, 0.1) is 6.33 Å². The average molecular weight is 216 g/mol. The summed E-state index contributed by atoms with van der Waals surface area (Å²) >= 11 is 0. The van der Waals surface area contributed by atoms with Crippen molar-refractivity contribution in [2.24, 2.45) is 0 Å². The van der Waals surface area contributed by atoms with Crippen LogP contribution in [0.2, 0.25) is 0 Å². The van der Waals surface area contributed by atoms with Crippen molar-refractivity contribution in [2.75, 3.05) is 13.2 Å². The minimum Gasteiger partial charge on any atom is -0.486 e. The highest BCUT2D eigenvalue weighted by atomic mass is 16.6. The number of imidazole rings is 1. The summed E-state index contributed by atoms with van der Waals surface area (Å²) < 4.78 is 11.2. The van der Waals surface area contributed by atoms with Crippen LogP contribution >= 0.6 is 0 Å². The fraction of sp³-hybridized carbons (Fsp3) is 0.250. The van der Waals surface area contributed by atoms with E-state index in [-0.39, 0.29) is 0 Å². The van der Waals surface area contributed by atoms with Gasteiger partial charge in [-0.2, -0.15) is 0 Å². The second-order valence-corrected chi connectivity index (χ2v) is 3.69. The summed E-state index contributed by atoms with van der Waals surface area (Å²) in [7, 11) is 0. The molecule has 1 aromatic carbocycles. The van der Waals surface area contributed by atoms with Crippen molar-refractivity contribution in [3.8, 4) is 11.5 Å². The summed E-state index contributed by atoms with van der Waals surface area (Å²) in [4.78, 5) is 7.09. The number of nitrogens with one attached hydrogen (secondary N) is 1. The van der Waals surface area contributed by atoms with Crippen LogP contribution in [0.5, 0.6) is 11.5 Å². The van der Waals surface area contributed by atoms with Crippen LogP contribution in [-0.4, -0.2) is 23.2 Å². The molecule has 1 aromatic heterocycles. The molecule has 4 nitrogen and oxygen atoms in total. The van der Waals surface area contributed by atoms with Crippen LogP contribution in [0.3, 0.4) is 0 Å². The van der Waals surface area contributed by atoms with E-state index in [1.807, 2.05) is 24.4 Å². The second kappa shape index (κ2) is 3.89. The molecule has 0 aliphatic carbocycles. The van der Waals surface area contributed by atoms with Crippen molar-refractivity contribution in [3.63, 3.8) is 0 Å². The Kier molecular flexibility index (Phi) is 2.25. The zero-order valence-corrected chi connectivity index (χ0v) is 8.77. The van der Waals surface area contributed by atoms with Gasteiger partial charge in [0.2, 0.25) is 0 Å². The number of ether oxygens (including phenoxy) is 2. The number of nitrogens with zero attached hydrogens (tertiary/aromatic N) is 1. The third kappa shape index (κ3) is 1.62. The third-order valence-electron chi connectivity index (χ3n) is 2.58. The molecule has 0 saturated carbocycles. The van der Waals surface area contributed by atoms with Crippen molar-refractivity contribution in [1.82, 2.24) is 9.97 Å². The topological polar surface area (TPSA) is 47.1 Å². The smallest absolute Gasteiger partial charge is 0.164 e. The lowest BCUT2D eigenvalue weighted by Crippen LogP contribution is -2.16. The van der Waals surface area contributed by atoms with Crippen LogP contribution in [-0.2, 0) is 6.42 Å². The Balaban J connectivity index is 1.94. The number of aromatic nitrogens is 2. The molecule has 0 unspecified atom stereocenters. The number of H-pyrrole nitrogens is 1. The molecule has 1 aliphatic heterocycles. The molecule has 82 valence electrons. The van der Waals surface area contributed by atoms with Gasteiger partial charge in [-0.15, -0.1) is 0 Å². The molecule has 16 heavy (non-hydrogen) atoms. The SMILES string of the molecule is c1cc(Cc2cnc[nH]2)c2c(c1)OCCO2. The summed E-state index contributed by atoms with van der Waals surface area (Å²) in [5.41, 5.74) is 2.20. The van der Waals surface area contributed by atoms with Crippen LogP contribution in [0, 0.1) is 0 Å². The molecule has 0 atom stereocenters. The Bertz CT molecular complexity index is 480. The zero-order chi connectivity index (χ0) is 10.8. The molecule has 1 aliphatic rings. The molecule has 0 saturated heterocycles. The summed E-state index contributed by atoms with van der Waals surface area (Å²) in [6.07, 6.45) is 4.29. The Morgan fingerprint density at radius 2 is 2.19 bits per heavy atom. The first kappa shape index (κ1) is 9.27. The van der Waals surface area contributed by atoms with Gasteiger partial charge in [-0.05, 0) is 6.07 Å². The number of rotatable bonds is 2. The van der Waals surface area contributed by atoms with E-state index in [0.717, 1.165) is 29.2 Å². The summed E-state index contributed by atoms with van der Waals surface area (Å²) in [6.45, 7) is 1.24. The number of benzene rings is 1. The number of fused-ring (bicyclic) bond motifs is 1. The van der Waals surface area contributed by atoms with Crippen molar-refractivity contribution < 1.29 is 9.47 Å². The van der Waals surface area contributed by atoms with E-state index in [0.29, 0.717) is 13.2 Å². The van der Waals surface area contributed by atoms with Gasteiger partial charge in [0.1, 0.15) is 13.2 Å². The van der Waals surface area contributed by atoms with Gasteiger partial charge in [-0.25, -0.2) is 4.98 Å². The van der Waals surface area contributed by atoms with Gasteiger partial charge in [0.15, 0.2) is 11.5 Å². The van der Waals surface area contributed by atoms with Crippen LogP contribution < -0.4 is 9.47 Å². The van der Waals surface area contributed by atoms with E-state index in [1.165, 1.54) is 0 Å². The maximum atomic E-state index is 5.64. The highest BCUT2D eigenvalue weighted by Gasteiger charge is 2.15. The summed E-state index contributed by atoms with van der Waals surface area (Å²) in [6, 6.07) is 5.97. The maximum absolute atomic E-state index is 5.64. The van der Waals surface area contributed by atoms with Crippen molar-refractivity contribution in [1.29, 1.82) is 0 Å². The largest absolute Gasteiger partial charge is 0.486 e. The molecule has 0 radical (unpaired) electrons. The van der Waals surface area contributed by atoms with Crippen molar-refractivity contribution >= 4 is 0 Å². The normalized spacial score (nSPS) is 13.8. The van der Waals surface area contributed by atoms with Gasteiger partial charge in [0, 0.05) is 23.9 Å². The molecule has 0 fully saturated rings. The molecule has 2 heterocycles. The lowest BCUT2D eigenvalue weighted by atomic mass is 10.1. The van der Waals surface area contributed by atoms with E-state index in [2.05, 4.69) is 9.97 Å². The fourth-order valence-corrected chi connectivity index (χ4v) is 1.86. The molecule has 0 amide bonds. The van der Waals surface area contributed by atoms with Crippen molar-refractivity contribution in [3.05, 3.63) is 42.0 Å². The van der Waals surface area contributed by atoms with Gasteiger partial charge in [-0.3, -0.25) is 0 Å². The van der Waals surface area contributed by atoms with Crippen LogP contribution in [0.15, 0.2) is 30.7 Å². The fourth-order valence-electron chi connectivity index (χ4n) is 1.86. The molecule has 4 heteroatoms. The highest BCUT2D eigenvalue weighted by molar-refractivity contribution is 5.48. The predicted molar refractivity (Wildman–Crippen MR) is 58.8 cm³/mol. The minimum atomic E-state index is 0.618. The second-order valence-electron chi connectivity index (χ2n) is 3.69. The lowest BCUT2D eigenvalue weighted by Gasteiger charge is -2.20. The van der Waals surface area contributed by atoms with E-state index in [1.54, 1.807) is 6.33 Å². The van der Waals surface area contributed by atoms with E-state index in [9.17, 15) is 0 Å². The number of para-hydroxylation sites is 1. The molecule has 2 aromatic rings. The Morgan fingerprint density at radius 3 is 3.06 bits per heavy atom. The standard InChI is InChI=1S/C12H12N2O2/c1-2-9(6-10-7-13-8-14-10)12-11(3-1)15-4-5-16-12/h1-3,7-8H,4-6H2,(H,13,14). The Hall–Kier alpha value is -1.97. The minimum absolute atomic E-state index is 0.618.